The molecule has 1 N–H and O–H groups in total. The van der Waals surface area contributed by atoms with Crippen molar-refractivity contribution in [3.63, 3.8) is 0 Å². The number of rotatable bonds is 7. The molecule has 2 heterocycles. The molecule has 0 bridgehead atoms. The van der Waals surface area contributed by atoms with Gasteiger partial charge in [0, 0.05) is 13.1 Å². The van der Waals surface area contributed by atoms with Crippen LogP contribution in [0.2, 0.25) is 0 Å². The summed E-state index contributed by atoms with van der Waals surface area (Å²) in [4.78, 5) is 14.2. The van der Waals surface area contributed by atoms with Crippen molar-refractivity contribution >= 4 is 24.3 Å². The Morgan fingerprint density at radius 2 is 2.11 bits per heavy atom. The molecule has 0 saturated carbocycles. The molecule has 1 aliphatic rings. The Labute approximate surface area is 162 Å². The molecule has 1 aromatic carbocycles. The Kier molecular flexibility index (Phi) is 6.59. The van der Waals surface area contributed by atoms with Gasteiger partial charge in [-0.3, -0.25) is 9.89 Å². The predicted molar refractivity (Wildman–Crippen MR) is 104 cm³/mol. The average molecular weight is 389 g/mol. The first kappa shape index (κ1) is 19.1. The Morgan fingerprint density at radius 1 is 1.30 bits per heavy atom. The summed E-state index contributed by atoms with van der Waals surface area (Å²) in [6.45, 7) is 4.02. The van der Waals surface area contributed by atoms with Crippen LogP contribution in [-0.2, 0) is 4.79 Å². The van der Waals surface area contributed by atoms with Crippen molar-refractivity contribution in [2.24, 2.45) is 5.10 Å². The van der Waals surface area contributed by atoms with E-state index >= 15 is 0 Å². The first-order valence-corrected chi connectivity index (χ1v) is 9.42. The Morgan fingerprint density at radius 3 is 2.81 bits per heavy atom. The lowest BCUT2D eigenvalue weighted by atomic mass is 10.1. The molecule has 1 aromatic heterocycles. The molecule has 0 spiro atoms. The number of amides is 1. The number of ether oxygens (including phenoxy) is 2. The number of benzene rings is 1. The molecule has 9 heteroatoms. The third-order valence-electron chi connectivity index (χ3n) is 4.19. The van der Waals surface area contributed by atoms with Crippen LogP contribution in [0.4, 0.5) is 0 Å². The molecule has 144 valence electrons. The minimum Gasteiger partial charge on any atom is -0.490 e. The number of piperidine rings is 1. The molecule has 1 saturated heterocycles. The number of nitrogens with zero attached hydrogens (tertiary/aromatic N) is 4. The Hall–Kier alpha value is -2.68. The lowest BCUT2D eigenvalue weighted by Crippen LogP contribution is -2.38. The van der Waals surface area contributed by atoms with Crippen molar-refractivity contribution in [1.29, 1.82) is 0 Å². The number of nitrogens with one attached hydrogen (secondary N) is 1. The van der Waals surface area contributed by atoms with E-state index in [0.717, 1.165) is 31.5 Å². The molecule has 1 fully saturated rings. The smallest absolute Gasteiger partial charge is 0.260 e. The molecular weight excluding hydrogens is 366 g/mol. The van der Waals surface area contributed by atoms with Gasteiger partial charge in [0.1, 0.15) is 6.33 Å². The summed E-state index contributed by atoms with van der Waals surface area (Å²) >= 11 is 5.05. The highest BCUT2D eigenvalue weighted by Crippen LogP contribution is 2.28. The van der Waals surface area contributed by atoms with Crippen LogP contribution in [0.5, 0.6) is 11.5 Å². The fraction of sp³-hybridized carbons (Fsp3) is 0.444. The van der Waals surface area contributed by atoms with Gasteiger partial charge in [-0.15, -0.1) is 0 Å². The highest BCUT2D eigenvalue weighted by molar-refractivity contribution is 7.71. The van der Waals surface area contributed by atoms with E-state index in [1.807, 2.05) is 24.0 Å². The second-order valence-corrected chi connectivity index (χ2v) is 6.51. The molecule has 27 heavy (non-hydrogen) atoms. The number of carbonyl (C=O) groups is 1. The molecule has 0 aliphatic carbocycles. The van der Waals surface area contributed by atoms with Gasteiger partial charge in [0.25, 0.3) is 5.91 Å². The van der Waals surface area contributed by atoms with Crippen LogP contribution >= 0.6 is 12.2 Å². The molecule has 0 radical (unpaired) electrons. The summed E-state index contributed by atoms with van der Waals surface area (Å²) in [5, 5.41) is 10.7. The lowest BCUT2D eigenvalue weighted by Gasteiger charge is -2.26. The maximum atomic E-state index is 12.3. The zero-order valence-electron chi connectivity index (χ0n) is 15.3. The van der Waals surface area contributed by atoms with Crippen LogP contribution in [0.15, 0.2) is 29.6 Å². The number of hydrogen-bond acceptors (Lipinski definition) is 6. The summed E-state index contributed by atoms with van der Waals surface area (Å²) < 4.78 is 13.3. The van der Waals surface area contributed by atoms with E-state index in [9.17, 15) is 4.79 Å². The lowest BCUT2D eigenvalue weighted by molar-refractivity contribution is -0.134. The van der Waals surface area contributed by atoms with Crippen molar-refractivity contribution in [1.82, 2.24) is 19.8 Å². The van der Waals surface area contributed by atoms with Gasteiger partial charge in [-0.1, -0.05) is 0 Å². The van der Waals surface area contributed by atoms with E-state index < -0.39 is 0 Å². The molecule has 3 rings (SSSR count). The molecule has 1 amide bonds. The molecule has 1 aliphatic heterocycles. The van der Waals surface area contributed by atoms with Crippen molar-refractivity contribution in [3.05, 3.63) is 34.9 Å². The SMILES string of the molecule is CCOc1cc(/C=N\n2cn[nH]c2=S)ccc1OCC(=O)N1CCCCC1. The maximum Gasteiger partial charge on any atom is 0.260 e. The van der Waals surface area contributed by atoms with Gasteiger partial charge in [-0.2, -0.15) is 14.9 Å². The zero-order chi connectivity index (χ0) is 19.1. The van der Waals surface area contributed by atoms with Crippen LogP contribution < -0.4 is 9.47 Å². The molecule has 8 nitrogen and oxygen atoms in total. The standard InChI is InChI=1S/C18H23N5O3S/c1-2-25-16-10-14(11-20-23-13-19-21-18(23)27)6-7-15(16)26-12-17(24)22-8-4-3-5-9-22/h6-7,10-11,13H,2-5,8-9,12H2,1H3,(H,21,27)/b20-11-. The van der Waals surface area contributed by atoms with Gasteiger partial charge >= 0.3 is 0 Å². The average Bonchev–Trinajstić information content (AvgIpc) is 3.11. The van der Waals surface area contributed by atoms with E-state index in [4.69, 9.17) is 21.7 Å². The minimum atomic E-state index is 0.0112. The normalized spacial score (nSPS) is 14.5. The number of likely N-dealkylation sites (tertiary alicyclic amines) is 1. The first-order valence-electron chi connectivity index (χ1n) is 9.01. The molecular formula is C18H23N5O3S. The fourth-order valence-corrected chi connectivity index (χ4v) is 2.97. The molecule has 0 atom stereocenters. The van der Waals surface area contributed by atoms with Crippen LogP contribution in [0, 0.1) is 4.77 Å². The summed E-state index contributed by atoms with van der Waals surface area (Å²) in [7, 11) is 0. The number of carbonyl (C=O) groups excluding carboxylic acids is 1. The van der Waals surface area contributed by atoms with Crippen LogP contribution in [0.1, 0.15) is 31.7 Å². The van der Waals surface area contributed by atoms with Gasteiger partial charge in [-0.05, 0) is 62.2 Å². The van der Waals surface area contributed by atoms with Crippen LogP contribution in [0.25, 0.3) is 0 Å². The third-order valence-corrected chi connectivity index (χ3v) is 4.47. The quantitative estimate of drug-likeness (QED) is 0.581. The Bertz CT molecular complexity index is 855. The summed E-state index contributed by atoms with van der Waals surface area (Å²) in [5.41, 5.74) is 0.816. The van der Waals surface area contributed by atoms with E-state index in [0.29, 0.717) is 22.9 Å². The van der Waals surface area contributed by atoms with Crippen molar-refractivity contribution in [2.45, 2.75) is 26.2 Å². The Balaban J connectivity index is 1.67. The van der Waals surface area contributed by atoms with Crippen LogP contribution in [-0.4, -0.2) is 58.2 Å². The first-order chi connectivity index (χ1) is 13.2. The third kappa shape index (κ3) is 5.16. The highest BCUT2D eigenvalue weighted by Gasteiger charge is 2.17. The number of aromatic amines is 1. The number of H-pyrrole nitrogens is 1. The van der Waals surface area contributed by atoms with Crippen molar-refractivity contribution in [3.8, 4) is 11.5 Å². The molecule has 0 unspecified atom stereocenters. The van der Waals surface area contributed by atoms with Gasteiger partial charge in [0.15, 0.2) is 18.1 Å². The van der Waals surface area contributed by atoms with Crippen molar-refractivity contribution in [2.75, 3.05) is 26.3 Å². The summed E-state index contributed by atoms with van der Waals surface area (Å²) in [6, 6.07) is 5.44. The highest BCUT2D eigenvalue weighted by atomic mass is 32.1. The van der Waals surface area contributed by atoms with Gasteiger partial charge in [0.2, 0.25) is 4.77 Å². The van der Waals surface area contributed by atoms with Gasteiger partial charge in [0.05, 0.1) is 12.8 Å². The van der Waals surface area contributed by atoms with Crippen LogP contribution in [0.3, 0.4) is 0 Å². The summed E-state index contributed by atoms with van der Waals surface area (Å²) in [5.74, 6) is 1.13. The zero-order valence-corrected chi connectivity index (χ0v) is 16.1. The van der Waals surface area contributed by atoms with Gasteiger partial charge in [-0.25, -0.2) is 0 Å². The van der Waals surface area contributed by atoms with E-state index in [-0.39, 0.29) is 12.5 Å². The molecule has 2 aromatic rings. The summed E-state index contributed by atoms with van der Waals surface area (Å²) in [6.07, 6.45) is 6.45. The maximum absolute atomic E-state index is 12.3. The van der Waals surface area contributed by atoms with Crippen molar-refractivity contribution < 1.29 is 14.3 Å². The van der Waals surface area contributed by atoms with Gasteiger partial charge < -0.3 is 14.4 Å². The monoisotopic (exact) mass is 389 g/mol. The fourth-order valence-electron chi connectivity index (χ4n) is 2.82. The largest absolute Gasteiger partial charge is 0.490 e. The number of aromatic nitrogens is 3. The topological polar surface area (TPSA) is 84.7 Å². The second-order valence-electron chi connectivity index (χ2n) is 6.12. The second kappa shape index (κ2) is 9.31. The predicted octanol–water partition coefficient (Wildman–Crippen LogP) is 2.61. The van der Waals surface area contributed by atoms with E-state index in [2.05, 4.69) is 15.3 Å². The number of hydrogen-bond donors (Lipinski definition) is 1. The van der Waals surface area contributed by atoms with E-state index in [1.165, 1.54) is 17.4 Å². The minimum absolute atomic E-state index is 0.0112. The van der Waals surface area contributed by atoms with E-state index in [1.54, 1.807) is 12.3 Å².